The number of benzene rings is 1. The molecule has 0 spiro atoms. The first kappa shape index (κ1) is 12.9. The van der Waals surface area contributed by atoms with Crippen LogP contribution in [0.4, 0.5) is 17.3 Å². The number of nitrogens with one attached hydrogen (secondary N) is 2. The Bertz CT molecular complexity index is 572. The van der Waals surface area contributed by atoms with E-state index in [1.165, 1.54) is 6.33 Å². The van der Waals surface area contributed by atoms with Crippen molar-refractivity contribution in [3.05, 3.63) is 40.1 Å². The van der Waals surface area contributed by atoms with Crippen LogP contribution in [0.3, 0.4) is 0 Å². The van der Waals surface area contributed by atoms with Crippen molar-refractivity contribution < 1.29 is 0 Å². The summed E-state index contributed by atoms with van der Waals surface area (Å²) in [6, 6.07) is 5.37. The molecule has 0 radical (unpaired) electrons. The van der Waals surface area contributed by atoms with Crippen LogP contribution >= 0.6 is 23.2 Å². The third kappa shape index (κ3) is 2.83. The van der Waals surface area contributed by atoms with E-state index in [1.54, 1.807) is 19.2 Å². The summed E-state index contributed by atoms with van der Waals surface area (Å²) in [4.78, 5) is 8.14. The van der Waals surface area contributed by atoms with Crippen LogP contribution in [0.15, 0.2) is 24.5 Å². The number of hydrogen-bond acceptors (Lipinski definition) is 4. The average molecular weight is 283 g/mol. The highest BCUT2D eigenvalue weighted by Gasteiger charge is 2.06. The third-order valence-corrected chi connectivity index (χ3v) is 3.15. The molecule has 0 saturated heterocycles. The van der Waals surface area contributed by atoms with Crippen LogP contribution in [0.5, 0.6) is 0 Å². The van der Waals surface area contributed by atoms with E-state index < -0.39 is 0 Å². The molecule has 0 fully saturated rings. The van der Waals surface area contributed by atoms with Gasteiger partial charge in [-0.3, -0.25) is 0 Å². The van der Waals surface area contributed by atoms with Crippen LogP contribution in [-0.4, -0.2) is 17.0 Å². The average Bonchev–Trinajstić information content (AvgIpc) is 2.36. The van der Waals surface area contributed by atoms with Gasteiger partial charge in [0.25, 0.3) is 0 Å². The van der Waals surface area contributed by atoms with E-state index in [-0.39, 0.29) is 0 Å². The van der Waals surface area contributed by atoms with Crippen molar-refractivity contribution in [1.29, 1.82) is 0 Å². The van der Waals surface area contributed by atoms with Gasteiger partial charge < -0.3 is 10.6 Å². The molecule has 2 N–H and O–H groups in total. The second-order valence-corrected chi connectivity index (χ2v) is 4.56. The van der Waals surface area contributed by atoms with E-state index >= 15 is 0 Å². The molecule has 1 heterocycles. The minimum absolute atomic E-state index is 0.599. The summed E-state index contributed by atoms with van der Waals surface area (Å²) in [5, 5.41) is 7.30. The fourth-order valence-electron chi connectivity index (χ4n) is 1.44. The lowest BCUT2D eigenvalue weighted by Gasteiger charge is -2.10. The molecule has 0 aliphatic rings. The first-order valence-electron chi connectivity index (χ1n) is 5.32. The molecule has 0 aliphatic carbocycles. The molecule has 18 heavy (non-hydrogen) atoms. The molecule has 1 aromatic carbocycles. The van der Waals surface area contributed by atoms with Gasteiger partial charge in [-0.05, 0) is 24.6 Å². The van der Waals surface area contributed by atoms with E-state index in [0.717, 1.165) is 11.4 Å². The Kier molecular flexibility index (Phi) is 3.89. The van der Waals surface area contributed by atoms with Crippen molar-refractivity contribution in [2.75, 3.05) is 17.7 Å². The van der Waals surface area contributed by atoms with Gasteiger partial charge in [0.05, 0.1) is 10.7 Å². The van der Waals surface area contributed by atoms with Crippen molar-refractivity contribution in [1.82, 2.24) is 9.97 Å². The van der Waals surface area contributed by atoms with Gasteiger partial charge >= 0.3 is 0 Å². The second kappa shape index (κ2) is 5.42. The topological polar surface area (TPSA) is 49.8 Å². The van der Waals surface area contributed by atoms with Gasteiger partial charge in [0.1, 0.15) is 18.0 Å². The van der Waals surface area contributed by atoms with Gasteiger partial charge in [0.15, 0.2) is 0 Å². The molecule has 0 unspecified atom stereocenters. The lowest BCUT2D eigenvalue weighted by atomic mass is 10.2. The van der Waals surface area contributed by atoms with E-state index in [2.05, 4.69) is 20.6 Å². The highest BCUT2D eigenvalue weighted by Crippen LogP contribution is 2.30. The Hall–Kier alpha value is -1.52. The second-order valence-electron chi connectivity index (χ2n) is 3.74. The summed E-state index contributed by atoms with van der Waals surface area (Å²) in [6.45, 7) is 1.90. The standard InChI is InChI=1S/C12H12Cl2N4/c1-7-3-9(14)10(4-8(7)13)18-12-5-11(15-2)16-6-17-12/h3-6H,1-2H3,(H2,15,16,17,18). The summed E-state index contributed by atoms with van der Waals surface area (Å²) in [7, 11) is 1.79. The molecular formula is C12H12Cl2N4. The van der Waals surface area contributed by atoms with Gasteiger partial charge in [-0.25, -0.2) is 9.97 Å². The first-order chi connectivity index (χ1) is 8.60. The smallest absolute Gasteiger partial charge is 0.135 e. The van der Waals surface area contributed by atoms with Gasteiger partial charge in [0.2, 0.25) is 0 Å². The van der Waals surface area contributed by atoms with Crippen molar-refractivity contribution in [2.24, 2.45) is 0 Å². The summed E-state index contributed by atoms with van der Waals surface area (Å²) < 4.78 is 0. The molecule has 2 rings (SSSR count). The van der Waals surface area contributed by atoms with Crippen molar-refractivity contribution in [3.8, 4) is 0 Å². The number of anilines is 3. The van der Waals surface area contributed by atoms with Crippen LogP contribution < -0.4 is 10.6 Å². The lowest BCUT2D eigenvalue weighted by molar-refractivity contribution is 1.16. The Morgan fingerprint density at radius 3 is 2.44 bits per heavy atom. The zero-order valence-corrected chi connectivity index (χ0v) is 11.5. The van der Waals surface area contributed by atoms with E-state index in [0.29, 0.717) is 21.6 Å². The number of rotatable bonds is 3. The summed E-state index contributed by atoms with van der Waals surface area (Å²) in [5.74, 6) is 1.37. The molecule has 6 heteroatoms. The maximum Gasteiger partial charge on any atom is 0.135 e. The molecule has 0 amide bonds. The quantitative estimate of drug-likeness (QED) is 0.897. The molecule has 0 atom stereocenters. The first-order valence-corrected chi connectivity index (χ1v) is 6.08. The monoisotopic (exact) mass is 282 g/mol. The molecule has 0 saturated carbocycles. The van der Waals surface area contributed by atoms with Gasteiger partial charge in [-0.1, -0.05) is 23.2 Å². The van der Waals surface area contributed by atoms with Crippen LogP contribution in [0.25, 0.3) is 0 Å². The molecule has 94 valence electrons. The number of halogens is 2. The maximum atomic E-state index is 6.14. The number of aryl methyl sites for hydroxylation is 1. The van der Waals surface area contributed by atoms with Crippen molar-refractivity contribution in [2.45, 2.75) is 6.92 Å². The number of nitrogens with zero attached hydrogens (tertiary/aromatic N) is 2. The summed E-state index contributed by atoms with van der Waals surface area (Å²) in [5.41, 5.74) is 1.65. The predicted molar refractivity (Wildman–Crippen MR) is 76.1 cm³/mol. The predicted octanol–water partition coefficient (Wildman–Crippen LogP) is 3.88. The highest BCUT2D eigenvalue weighted by atomic mass is 35.5. The fourth-order valence-corrected chi connectivity index (χ4v) is 1.87. The zero-order valence-electron chi connectivity index (χ0n) is 9.96. The highest BCUT2D eigenvalue weighted by molar-refractivity contribution is 6.35. The fraction of sp³-hybridized carbons (Fsp3) is 0.167. The Morgan fingerprint density at radius 2 is 1.72 bits per heavy atom. The molecule has 0 aliphatic heterocycles. The summed E-state index contributed by atoms with van der Waals surface area (Å²) >= 11 is 12.2. The third-order valence-electron chi connectivity index (χ3n) is 2.43. The Morgan fingerprint density at radius 1 is 1.00 bits per heavy atom. The van der Waals surface area contributed by atoms with E-state index in [1.807, 2.05) is 13.0 Å². The van der Waals surface area contributed by atoms with Crippen molar-refractivity contribution in [3.63, 3.8) is 0 Å². The van der Waals surface area contributed by atoms with Gasteiger partial charge in [-0.15, -0.1) is 0 Å². The van der Waals surface area contributed by atoms with Gasteiger partial charge in [0, 0.05) is 18.1 Å². The normalized spacial score (nSPS) is 10.2. The molecule has 0 bridgehead atoms. The minimum Gasteiger partial charge on any atom is -0.373 e. The minimum atomic E-state index is 0.599. The lowest BCUT2D eigenvalue weighted by Crippen LogP contribution is -1.98. The molecular weight excluding hydrogens is 271 g/mol. The Labute approximate surface area is 115 Å². The van der Waals surface area contributed by atoms with Crippen LogP contribution in [0.1, 0.15) is 5.56 Å². The van der Waals surface area contributed by atoms with Crippen molar-refractivity contribution >= 4 is 40.5 Å². The number of aromatic nitrogens is 2. The number of hydrogen-bond donors (Lipinski definition) is 2. The van der Waals surface area contributed by atoms with Crippen LogP contribution in [0.2, 0.25) is 10.0 Å². The molecule has 1 aromatic heterocycles. The van der Waals surface area contributed by atoms with Crippen LogP contribution in [-0.2, 0) is 0 Å². The maximum absolute atomic E-state index is 6.14. The molecule has 4 nitrogen and oxygen atoms in total. The summed E-state index contributed by atoms with van der Waals surface area (Å²) in [6.07, 6.45) is 1.47. The van der Waals surface area contributed by atoms with Crippen LogP contribution in [0, 0.1) is 6.92 Å². The van der Waals surface area contributed by atoms with Gasteiger partial charge in [-0.2, -0.15) is 0 Å². The SMILES string of the molecule is CNc1cc(Nc2cc(Cl)c(C)cc2Cl)ncn1. The zero-order chi connectivity index (χ0) is 13.1. The largest absolute Gasteiger partial charge is 0.373 e. The molecule has 2 aromatic rings. The van der Waals surface area contributed by atoms with E-state index in [9.17, 15) is 0 Å². The Balaban J connectivity index is 2.30. The van der Waals surface area contributed by atoms with E-state index in [4.69, 9.17) is 23.2 Å².